The molecule has 0 aromatic carbocycles. The predicted octanol–water partition coefficient (Wildman–Crippen LogP) is 1.63. The Balaban J connectivity index is 1.62. The molecular weight excluding hydrogens is 278 g/mol. The molecule has 2 rings (SSSR count). The predicted molar refractivity (Wildman–Crippen MR) is 87.5 cm³/mol. The lowest BCUT2D eigenvalue weighted by atomic mass is 9.94. The minimum absolute atomic E-state index is 0.0792. The molecule has 0 radical (unpaired) electrons. The van der Waals surface area contributed by atoms with E-state index in [1.165, 1.54) is 32.1 Å². The maximum Gasteiger partial charge on any atom is 0.223 e. The lowest BCUT2D eigenvalue weighted by molar-refractivity contribution is -0.133. The van der Waals surface area contributed by atoms with Crippen LogP contribution in [0.25, 0.3) is 0 Å². The van der Waals surface area contributed by atoms with Crippen molar-refractivity contribution in [1.29, 1.82) is 0 Å². The van der Waals surface area contributed by atoms with Crippen molar-refractivity contribution in [3.8, 4) is 0 Å². The second-order valence-electron chi connectivity index (χ2n) is 6.84. The molecule has 5 nitrogen and oxygen atoms in total. The van der Waals surface area contributed by atoms with Gasteiger partial charge < -0.3 is 15.1 Å². The van der Waals surface area contributed by atoms with Crippen molar-refractivity contribution in [3.63, 3.8) is 0 Å². The molecule has 0 aromatic heterocycles. The summed E-state index contributed by atoms with van der Waals surface area (Å²) in [4.78, 5) is 27.7. The Morgan fingerprint density at radius 2 is 1.73 bits per heavy atom. The summed E-state index contributed by atoms with van der Waals surface area (Å²) in [6, 6.07) is 0.699. The molecule has 0 spiro atoms. The van der Waals surface area contributed by atoms with E-state index in [1.807, 2.05) is 4.90 Å². The molecule has 22 heavy (non-hydrogen) atoms. The highest BCUT2D eigenvalue weighted by atomic mass is 16.2. The second-order valence-corrected chi connectivity index (χ2v) is 6.84. The fraction of sp³-hybridized carbons (Fsp3) is 0.882. The normalized spacial score (nSPS) is 21.1. The average molecular weight is 309 g/mol. The molecule has 0 bridgehead atoms. The Labute approximate surface area is 134 Å². The van der Waals surface area contributed by atoms with Gasteiger partial charge in [0.2, 0.25) is 11.8 Å². The van der Waals surface area contributed by atoms with Crippen molar-refractivity contribution in [1.82, 2.24) is 15.1 Å². The Morgan fingerprint density at radius 3 is 2.32 bits per heavy atom. The molecule has 5 heteroatoms. The Morgan fingerprint density at radius 1 is 1.09 bits per heavy atom. The van der Waals surface area contributed by atoms with Crippen molar-refractivity contribution < 1.29 is 9.59 Å². The molecule has 0 atom stereocenters. The molecule has 1 aliphatic heterocycles. The Kier molecular flexibility index (Phi) is 6.68. The quantitative estimate of drug-likeness (QED) is 0.840. The number of nitrogens with one attached hydrogen (secondary N) is 1. The minimum Gasteiger partial charge on any atom is -0.355 e. The van der Waals surface area contributed by atoms with Gasteiger partial charge in [0.05, 0.1) is 0 Å². The number of likely N-dealkylation sites (N-methyl/N-ethyl adjacent to an activating group) is 1. The molecule has 1 saturated heterocycles. The number of hydrogen-bond donors (Lipinski definition) is 1. The maximum absolute atomic E-state index is 12.2. The van der Waals surface area contributed by atoms with Gasteiger partial charge in [-0.3, -0.25) is 9.59 Å². The van der Waals surface area contributed by atoms with Crippen LogP contribution in [0.2, 0.25) is 0 Å². The van der Waals surface area contributed by atoms with Crippen LogP contribution in [0.3, 0.4) is 0 Å². The lowest BCUT2D eigenvalue weighted by Gasteiger charge is -2.32. The van der Waals surface area contributed by atoms with Gasteiger partial charge >= 0.3 is 0 Å². The number of amides is 2. The van der Waals surface area contributed by atoms with Gasteiger partial charge in [0, 0.05) is 45.1 Å². The number of piperidine rings is 1. The molecule has 2 aliphatic rings. The molecule has 0 aromatic rings. The van der Waals surface area contributed by atoms with Crippen LogP contribution in [0, 0.1) is 5.92 Å². The summed E-state index contributed by atoms with van der Waals surface area (Å²) in [6.45, 7) is 4.70. The molecule has 2 amide bonds. The van der Waals surface area contributed by atoms with Gasteiger partial charge in [-0.15, -0.1) is 0 Å². The zero-order valence-corrected chi connectivity index (χ0v) is 14.1. The van der Waals surface area contributed by atoms with Gasteiger partial charge in [-0.1, -0.05) is 19.3 Å². The van der Waals surface area contributed by atoms with E-state index in [1.54, 1.807) is 6.92 Å². The zero-order valence-electron chi connectivity index (χ0n) is 14.1. The maximum atomic E-state index is 12.2. The number of likely N-dealkylation sites (tertiary alicyclic amines) is 1. The molecular formula is C17H31N3O2. The van der Waals surface area contributed by atoms with E-state index in [-0.39, 0.29) is 17.7 Å². The lowest BCUT2D eigenvalue weighted by Crippen LogP contribution is -2.44. The first-order valence-corrected chi connectivity index (χ1v) is 8.81. The summed E-state index contributed by atoms with van der Waals surface area (Å²) in [5.74, 6) is 0.365. The van der Waals surface area contributed by atoms with E-state index >= 15 is 0 Å². The second kappa shape index (κ2) is 8.51. The third-order valence-corrected chi connectivity index (χ3v) is 5.27. The van der Waals surface area contributed by atoms with Gasteiger partial charge in [-0.05, 0) is 32.7 Å². The Bertz CT molecular complexity index is 372. The van der Waals surface area contributed by atoms with Crippen LogP contribution in [-0.4, -0.2) is 60.9 Å². The van der Waals surface area contributed by atoms with E-state index in [0.29, 0.717) is 6.04 Å². The third-order valence-electron chi connectivity index (χ3n) is 5.27. The first-order valence-electron chi connectivity index (χ1n) is 8.81. The topological polar surface area (TPSA) is 52.7 Å². The van der Waals surface area contributed by atoms with E-state index in [0.717, 1.165) is 39.0 Å². The molecule has 1 aliphatic carbocycles. The number of carbonyl (C=O) groups is 2. The van der Waals surface area contributed by atoms with Gasteiger partial charge in [-0.2, -0.15) is 0 Å². The third kappa shape index (κ3) is 4.97. The summed E-state index contributed by atoms with van der Waals surface area (Å²) in [7, 11) is 2.17. The zero-order chi connectivity index (χ0) is 15.9. The van der Waals surface area contributed by atoms with Crippen LogP contribution in [0.1, 0.15) is 51.9 Å². The fourth-order valence-corrected chi connectivity index (χ4v) is 3.66. The summed E-state index contributed by atoms with van der Waals surface area (Å²) >= 11 is 0. The van der Waals surface area contributed by atoms with Gasteiger partial charge in [-0.25, -0.2) is 0 Å². The Hall–Kier alpha value is -1.10. The van der Waals surface area contributed by atoms with Crippen LogP contribution in [-0.2, 0) is 9.59 Å². The van der Waals surface area contributed by atoms with Crippen molar-refractivity contribution in [2.24, 2.45) is 5.92 Å². The van der Waals surface area contributed by atoms with Crippen LogP contribution < -0.4 is 5.32 Å². The SMILES string of the molecule is CC(=O)N1CCC(C(=O)NCCN(C)C2CCCCC2)CC1. The van der Waals surface area contributed by atoms with E-state index in [9.17, 15) is 9.59 Å². The monoisotopic (exact) mass is 309 g/mol. The molecule has 1 N–H and O–H groups in total. The summed E-state index contributed by atoms with van der Waals surface area (Å²) in [5, 5.41) is 3.08. The van der Waals surface area contributed by atoms with Crippen LogP contribution in [0.4, 0.5) is 0 Å². The highest BCUT2D eigenvalue weighted by Gasteiger charge is 2.26. The summed E-state index contributed by atoms with van der Waals surface area (Å²) < 4.78 is 0. The molecule has 0 unspecified atom stereocenters. The summed E-state index contributed by atoms with van der Waals surface area (Å²) in [5.41, 5.74) is 0. The molecule has 1 saturated carbocycles. The fourth-order valence-electron chi connectivity index (χ4n) is 3.66. The van der Waals surface area contributed by atoms with Crippen LogP contribution in [0.5, 0.6) is 0 Å². The number of hydrogen-bond acceptors (Lipinski definition) is 3. The number of nitrogens with zero attached hydrogens (tertiary/aromatic N) is 2. The van der Waals surface area contributed by atoms with Crippen molar-refractivity contribution >= 4 is 11.8 Å². The first kappa shape index (κ1) is 17.3. The molecule has 2 fully saturated rings. The van der Waals surface area contributed by atoms with Crippen molar-refractivity contribution in [2.45, 2.75) is 57.9 Å². The van der Waals surface area contributed by atoms with Crippen molar-refractivity contribution in [3.05, 3.63) is 0 Å². The highest BCUT2D eigenvalue weighted by molar-refractivity contribution is 5.79. The number of carbonyl (C=O) groups excluding carboxylic acids is 2. The van der Waals surface area contributed by atoms with E-state index < -0.39 is 0 Å². The minimum atomic E-state index is 0.0792. The van der Waals surface area contributed by atoms with Crippen molar-refractivity contribution in [2.75, 3.05) is 33.2 Å². The number of rotatable bonds is 5. The van der Waals surface area contributed by atoms with Crippen LogP contribution >= 0.6 is 0 Å². The average Bonchev–Trinajstić information content (AvgIpc) is 2.55. The standard InChI is InChI=1S/C17H31N3O2/c1-14(21)20-11-8-15(9-12-20)17(22)18-10-13-19(2)16-6-4-3-5-7-16/h15-16H,3-13H2,1-2H3,(H,18,22). The first-order chi connectivity index (χ1) is 10.6. The smallest absolute Gasteiger partial charge is 0.223 e. The van der Waals surface area contributed by atoms with Crippen LogP contribution in [0.15, 0.2) is 0 Å². The molecule has 126 valence electrons. The van der Waals surface area contributed by atoms with E-state index in [4.69, 9.17) is 0 Å². The van der Waals surface area contributed by atoms with Gasteiger partial charge in [0.1, 0.15) is 0 Å². The van der Waals surface area contributed by atoms with Gasteiger partial charge in [0.15, 0.2) is 0 Å². The highest BCUT2D eigenvalue weighted by Crippen LogP contribution is 2.21. The molecule has 1 heterocycles. The largest absolute Gasteiger partial charge is 0.355 e. The summed E-state index contributed by atoms with van der Waals surface area (Å²) in [6.07, 6.45) is 8.25. The van der Waals surface area contributed by atoms with Gasteiger partial charge in [0.25, 0.3) is 0 Å². The van der Waals surface area contributed by atoms with E-state index in [2.05, 4.69) is 17.3 Å².